The number of β-amino-alcohol motifs (C(OH)–C–C–N with tert-alkyl or cyclic N) is 1. The highest BCUT2D eigenvalue weighted by molar-refractivity contribution is 5.29. The van der Waals surface area contributed by atoms with Gasteiger partial charge in [0.15, 0.2) is 0 Å². The van der Waals surface area contributed by atoms with Crippen molar-refractivity contribution >= 4 is 0 Å². The van der Waals surface area contributed by atoms with Crippen molar-refractivity contribution in [1.29, 1.82) is 0 Å². The zero-order valence-corrected chi connectivity index (χ0v) is 16.7. The number of ether oxygens (including phenoxy) is 1. The molecule has 2 aliphatic rings. The Morgan fingerprint density at radius 3 is 2.38 bits per heavy atom. The van der Waals surface area contributed by atoms with Crippen molar-refractivity contribution in [3.63, 3.8) is 0 Å². The number of hydrogen-bond donors (Lipinski definition) is 1. The fourth-order valence-corrected chi connectivity index (χ4v) is 4.64. The molecular weight excluding hydrogens is 324 g/mol. The van der Waals surface area contributed by atoms with E-state index in [-0.39, 0.29) is 0 Å². The molecule has 1 unspecified atom stereocenters. The first-order chi connectivity index (χ1) is 12.6. The van der Waals surface area contributed by atoms with Gasteiger partial charge in [0.2, 0.25) is 0 Å². The van der Waals surface area contributed by atoms with Crippen LogP contribution in [0.2, 0.25) is 0 Å². The Morgan fingerprint density at radius 2 is 1.77 bits per heavy atom. The Kier molecular flexibility index (Phi) is 6.96. The molecule has 26 heavy (non-hydrogen) atoms. The van der Waals surface area contributed by atoms with E-state index < -0.39 is 6.10 Å². The lowest BCUT2D eigenvalue weighted by Gasteiger charge is -2.43. The third-order valence-corrected chi connectivity index (χ3v) is 6.52. The van der Waals surface area contributed by atoms with E-state index in [1.807, 2.05) is 24.3 Å². The van der Waals surface area contributed by atoms with E-state index in [4.69, 9.17) is 4.74 Å². The van der Waals surface area contributed by atoms with E-state index >= 15 is 0 Å². The standard InChI is InChI=1S/C22H36N2O2/c1-17(2)18-7-9-20(10-8-18)24-13-11-23(12-14-24)16-22(25)19-5-4-6-21(15-19)26-3/h4-6,15,17-18,20,22,25H,7-14,16H2,1-3H3. The average molecular weight is 361 g/mol. The van der Waals surface area contributed by atoms with Crippen LogP contribution in [0.5, 0.6) is 5.75 Å². The molecular formula is C22H36N2O2. The molecule has 1 atom stereocenters. The summed E-state index contributed by atoms with van der Waals surface area (Å²) in [6.07, 6.45) is 5.09. The second-order valence-electron chi connectivity index (χ2n) is 8.44. The van der Waals surface area contributed by atoms with Crippen molar-refractivity contribution in [3.05, 3.63) is 29.8 Å². The van der Waals surface area contributed by atoms with E-state index in [9.17, 15) is 5.11 Å². The Labute approximate surface area is 159 Å². The third-order valence-electron chi connectivity index (χ3n) is 6.52. The van der Waals surface area contributed by atoms with Crippen molar-refractivity contribution in [2.24, 2.45) is 11.8 Å². The summed E-state index contributed by atoms with van der Waals surface area (Å²) in [7, 11) is 1.67. The molecule has 1 aromatic carbocycles. The number of aliphatic hydroxyl groups is 1. The number of piperazine rings is 1. The summed E-state index contributed by atoms with van der Waals surface area (Å²) in [5, 5.41) is 10.6. The zero-order valence-electron chi connectivity index (χ0n) is 16.7. The molecule has 4 heteroatoms. The molecule has 1 heterocycles. The van der Waals surface area contributed by atoms with E-state index in [1.54, 1.807) is 7.11 Å². The second kappa shape index (κ2) is 9.20. The van der Waals surface area contributed by atoms with Crippen molar-refractivity contribution in [2.45, 2.75) is 51.7 Å². The first-order valence-corrected chi connectivity index (χ1v) is 10.3. The molecule has 146 valence electrons. The van der Waals surface area contributed by atoms with Gasteiger partial charge in [-0.05, 0) is 55.2 Å². The third kappa shape index (κ3) is 4.99. The minimum atomic E-state index is -0.446. The van der Waals surface area contributed by atoms with Gasteiger partial charge in [0.1, 0.15) is 5.75 Å². The average Bonchev–Trinajstić information content (AvgIpc) is 2.68. The van der Waals surface area contributed by atoms with Gasteiger partial charge >= 0.3 is 0 Å². The number of methoxy groups -OCH3 is 1. The van der Waals surface area contributed by atoms with Crippen LogP contribution < -0.4 is 4.74 Å². The summed E-state index contributed by atoms with van der Waals surface area (Å²) < 4.78 is 5.27. The van der Waals surface area contributed by atoms with Crippen LogP contribution in [0.25, 0.3) is 0 Å². The molecule has 3 rings (SSSR count). The lowest BCUT2D eigenvalue weighted by Crippen LogP contribution is -2.51. The first kappa shape index (κ1) is 19.7. The molecule has 0 aromatic heterocycles. The predicted octanol–water partition coefficient (Wildman–Crippen LogP) is 3.56. The lowest BCUT2D eigenvalue weighted by molar-refractivity contribution is 0.0405. The normalized spacial score (nSPS) is 26.8. The van der Waals surface area contributed by atoms with Crippen molar-refractivity contribution in [2.75, 3.05) is 39.8 Å². The van der Waals surface area contributed by atoms with Crippen LogP contribution in [0, 0.1) is 11.8 Å². The summed E-state index contributed by atoms with van der Waals surface area (Å²) in [6, 6.07) is 8.58. The van der Waals surface area contributed by atoms with Crippen molar-refractivity contribution in [3.8, 4) is 5.75 Å². The van der Waals surface area contributed by atoms with E-state index in [1.165, 1.54) is 25.7 Å². The molecule has 1 saturated carbocycles. The van der Waals surface area contributed by atoms with Crippen LogP contribution in [0.1, 0.15) is 51.2 Å². The van der Waals surface area contributed by atoms with Crippen LogP contribution in [-0.2, 0) is 0 Å². The van der Waals surface area contributed by atoms with E-state index in [0.717, 1.165) is 55.4 Å². The second-order valence-corrected chi connectivity index (χ2v) is 8.44. The fourth-order valence-electron chi connectivity index (χ4n) is 4.64. The van der Waals surface area contributed by atoms with Crippen molar-refractivity contribution < 1.29 is 9.84 Å². The molecule has 2 fully saturated rings. The minimum Gasteiger partial charge on any atom is -0.497 e. The highest BCUT2D eigenvalue weighted by atomic mass is 16.5. The maximum absolute atomic E-state index is 10.6. The fraction of sp³-hybridized carbons (Fsp3) is 0.727. The monoisotopic (exact) mass is 360 g/mol. The van der Waals surface area contributed by atoms with E-state index in [2.05, 4.69) is 23.6 Å². The summed E-state index contributed by atoms with van der Waals surface area (Å²) in [6.45, 7) is 9.86. The molecule has 1 aliphatic carbocycles. The summed E-state index contributed by atoms with van der Waals surface area (Å²) in [5.41, 5.74) is 0.943. The van der Waals surface area contributed by atoms with Gasteiger partial charge in [-0.15, -0.1) is 0 Å². The Hall–Kier alpha value is -1.10. The van der Waals surface area contributed by atoms with Gasteiger partial charge in [0.25, 0.3) is 0 Å². The van der Waals surface area contributed by atoms with Gasteiger partial charge < -0.3 is 9.84 Å². The zero-order chi connectivity index (χ0) is 18.5. The molecule has 1 aliphatic heterocycles. The van der Waals surface area contributed by atoms with Gasteiger partial charge in [-0.2, -0.15) is 0 Å². The van der Waals surface area contributed by atoms with Gasteiger partial charge in [0.05, 0.1) is 13.2 Å². The molecule has 4 nitrogen and oxygen atoms in total. The van der Waals surface area contributed by atoms with Gasteiger partial charge in [-0.3, -0.25) is 9.80 Å². The van der Waals surface area contributed by atoms with Gasteiger partial charge in [0, 0.05) is 38.8 Å². The highest BCUT2D eigenvalue weighted by Crippen LogP contribution is 2.32. The van der Waals surface area contributed by atoms with Crippen LogP contribution in [0.15, 0.2) is 24.3 Å². The molecule has 0 amide bonds. The summed E-state index contributed by atoms with van der Waals surface area (Å²) >= 11 is 0. The Bertz CT molecular complexity index is 547. The molecule has 1 N–H and O–H groups in total. The maximum atomic E-state index is 10.6. The summed E-state index contributed by atoms with van der Waals surface area (Å²) in [5.74, 6) is 2.58. The smallest absolute Gasteiger partial charge is 0.119 e. The molecule has 0 bridgehead atoms. The first-order valence-electron chi connectivity index (χ1n) is 10.3. The Balaban J connectivity index is 1.44. The number of benzene rings is 1. The largest absolute Gasteiger partial charge is 0.497 e. The molecule has 1 aromatic rings. The summed E-state index contributed by atoms with van der Waals surface area (Å²) in [4.78, 5) is 5.10. The van der Waals surface area contributed by atoms with Gasteiger partial charge in [-0.1, -0.05) is 26.0 Å². The van der Waals surface area contributed by atoms with Gasteiger partial charge in [-0.25, -0.2) is 0 Å². The quantitative estimate of drug-likeness (QED) is 0.841. The van der Waals surface area contributed by atoms with Crippen LogP contribution in [0.4, 0.5) is 0 Å². The molecule has 0 radical (unpaired) electrons. The van der Waals surface area contributed by atoms with Crippen LogP contribution in [-0.4, -0.2) is 60.8 Å². The number of rotatable bonds is 6. The van der Waals surface area contributed by atoms with E-state index in [0.29, 0.717) is 6.54 Å². The van der Waals surface area contributed by atoms with Crippen molar-refractivity contribution in [1.82, 2.24) is 9.80 Å². The maximum Gasteiger partial charge on any atom is 0.119 e. The lowest BCUT2D eigenvalue weighted by atomic mass is 9.79. The molecule has 1 saturated heterocycles. The number of nitrogens with zero attached hydrogens (tertiary/aromatic N) is 2. The number of hydrogen-bond acceptors (Lipinski definition) is 4. The SMILES string of the molecule is COc1cccc(C(O)CN2CCN(C3CCC(C(C)C)CC3)CC2)c1. The highest BCUT2D eigenvalue weighted by Gasteiger charge is 2.29. The minimum absolute atomic E-state index is 0.446. The van der Waals surface area contributed by atoms with Crippen LogP contribution >= 0.6 is 0 Å². The number of aliphatic hydroxyl groups excluding tert-OH is 1. The topological polar surface area (TPSA) is 35.9 Å². The van der Waals surface area contributed by atoms with Crippen LogP contribution in [0.3, 0.4) is 0 Å². The molecule has 0 spiro atoms. The predicted molar refractivity (Wildman–Crippen MR) is 107 cm³/mol. The Morgan fingerprint density at radius 1 is 1.08 bits per heavy atom.